The van der Waals surface area contributed by atoms with Crippen LogP contribution in [0.5, 0.6) is 5.75 Å². The number of fused-ring (bicyclic) bond motifs is 1. The number of aromatic nitrogens is 2. The number of aromatic amines is 1. The van der Waals surface area contributed by atoms with E-state index in [0.29, 0.717) is 11.8 Å². The number of nitrogens with zero attached hydrogens (tertiary/aromatic N) is 2. The van der Waals surface area contributed by atoms with Crippen LogP contribution in [0.1, 0.15) is 36.7 Å². The zero-order chi connectivity index (χ0) is 18.8. The zero-order valence-corrected chi connectivity index (χ0v) is 15.4. The van der Waals surface area contributed by atoms with E-state index in [9.17, 15) is 4.79 Å². The van der Waals surface area contributed by atoms with E-state index in [1.807, 2.05) is 30.3 Å². The molecule has 0 saturated carbocycles. The van der Waals surface area contributed by atoms with Crippen molar-refractivity contribution in [3.63, 3.8) is 0 Å². The summed E-state index contributed by atoms with van der Waals surface area (Å²) in [6.07, 6.45) is 0. The fourth-order valence-corrected chi connectivity index (χ4v) is 3.48. The normalized spacial score (nSPS) is 14.6. The van der Waals surface area contributed by atoms with Crippen molar-refractivity contribution in [1.29, 1.82) is 0 Å². The molecule has 0 spiro atoms. The van der Waals surface area contributed by atoms with E-state index in [1.54, 1.807) is 0 Å². The predicted octanol–water partition coefficient (Wildman–Crippen LogP) is 3.58. The third kappa shape index (κ3) is 3.44. The quantitative estimate of drug-likeness (QED) is 0.681. The summed E-state index contributed by atoms with van der Waals surface area (Å²) in [5.74, 6) is 0.344. The molecule has 0 fully saturated rings. The van der Waals surface area contributed by atoms with Gasteiger partial charge in [-0.05, 0) is 24.6 Å². The molecule has 2 aromatic carbocycles. The molecule has 1 aromatic heterocycles. The van der Waals surface area contributed by atoms with Crippen molar-refractivity contribution >= 4 is 5.91 Å². The van der Waals surface area contributed by atoms with Gasteiger partial charge in [0.25, 0.3) is 0 Å². The van der Waals surface area contributed by atoms with Gasteiger partial charge in [-0.25, -0.2) is 0 Å². The number of nitrogens with one attached hydrogen (secondary N) is 2. The molecule has 1 atom stereocenters. The standard InChI is InChI=1S/C21H22N4O2/c1-14(16-8-4-3-5-9-16)25-12-18-19(13-25)22-23-21(18)17-10-6-7-11-20(17)27-24-15(2)26/h3-11,14H,12-13H2,1-2H3,(H,22,23)(H,24,26). The fraction of sp³-hybridized carbons (Fsp3) is 0.238. The van der Waals surface area contributed by atoms with Crippen LogP contribution >= 0.6 is 0 Å². The smallest absolute Gasteiger partial charge is 0.249 e. The highest BCUT2D eigenvalue weighted by Gasteiger charge is 2.30. The van der Waals surface area contributed by atoms with Crippen molar-refractivity contribution in [1.82, 2.24) is 20.6 Å². The van der Waals surface area contributed by atoms with Crippen molar-refractivity contribution in [2.45, 2.75) is 33.0 Å². The van der Waals surface area contributed by atoms with Crippen LogP contribution in [0.2, 0.25) is 0 Å². The highest BCUT2D eigenvalue weighted by atomic mass is 16.7. The second-order valence-electron chi connectivity index (χ2n) is 6.77. The average molecular weight is 362 g/mol. The van der Waals surface area contributed by atoms with Gasteiger partial charge in [0.15, 0.2) is 5.75 Å². The van der Waals surface area contributed by atoms with Gasteiger partial charge in [-0.3, -0.25) is 14.8 Å². The molecule has 2 heterocycles. The van der Waals surface area contributed by atoms with Crippen molar-refractivity contribution in [2.24, 2.45) is 0 Å². The monoisotopic (exact) mass is 362 g/mol. The SMILES string of the molecule is CC(=O)NOc1ccccc1-c1[nH]nc2c1CN(C(C)c1ccccc1)C2. The van der Waals surface area contributed by atoms with E-state index in [2.05, 4.69) is 51.8 Å². The fourth-order valence-electron chi connectivity index (χ4n) is 3.48. The number of carbonyl (C=O) groups excluding carboxylic acids is 1. The first-order valence-corrected chi connectivity index (χ1v) is 9.01. The van der Waals surface area contributed by atoms with Gasteiger partial charge in [0.1, 0.15) is 0 Å². The first-order chi connectivity index (χ1) is 13.1. The molecular formula is C21H22N4O2. The van der Waals surface area contributed by atoms with Gasteiger partial charge < -0.3 is 4.84 Å². The predicted molar refractivity (Wildman–Crippen MR) is 103 cm³/mol. The molecule has 1 aliphatic rings. The number of hydrogen-bond donors (Lipinski definition) is 2. The number of H-pyrrole nitrogens is 1. The summed E-state index contributed by atoms with van der Waals surface area (Å²) in [7, 11) is 0. The molecule has 1 amide bonds. The first kappa shape index (κ1) is 17.3. The lowest BCUT2D eigenvalue weighted by atomic mass is 10.1. The Bertz CT molecular complexity index is 952. The van der Waals surface area contributed by atoms with Gasteiger partial charge in [0, 0.05) is 37.2 Å². The molecule has 6 nitrogen and oxygen atoms in total. The number of hydrogen-bond acceptors (Lipinski definition) is 4. The highest BCUT2D eigenvalue weighted by molar-refractivity contribution is 5.74. The molecule has 27 heavy (non-hydrogen) atoms. The molecule has 0 aliphatic carbocycles. The van der Waals surface area contributed by atoms with Crippen LogP contribution in [0.4, 0.5) is 0 Å². The Balaban J connectivity index is 1.60. The van der Waals surface area contributed by atoms with Gasteiger partial charge in [-0.1, -0.05) is 42.5 Å². The van der Waals surface area contributed by atoms with Crippen LogP contribution in [0, 0.1) is 0 Å². The molecule has 4 rings (SSSR count). The minimum atomic E-state index is -0.248. The molecule has 6 heteroatoms. The van der Waals surface area contributed by atoms with E-state index >= 15 is 0 Å². The molecule has 138 valence electrons. The van der Waals surface area contributed by atoms with Gasteiger partial charge in [0.2, 0.25) is 5.91 Å². The number of rotatable bonds is 5. The molecule has 1 unspecified atom stereocenters. The maximum atomic E-state index is 11.2. The molecule has 0 saturated heterocycles. The van der Waals surface area contributed by atoms with Crippen molar-refractivity contribution in [3.05, 3.63) is 71.4 Å². The maximum Gasteiger partial charge on any atom is 0.249 e. The van der Waals surface area contributed by atoms with E-state index in [0.717, 1.165) is 30.0 Å². The van der Waals surface area contributed by atoms with Crippen molar-refractivity contribution in [2.75, 3.05) is 0 Å². The zero-order valence-electron chi connectivity index (χ0n) is 15.4. The molecule has 0 bridgehead atoms. The number of carbonyl (C=O) groups is 1. The Kier molecular flexibility index (Phi) is 4.64. The average Bonchev–Trinajstić information content (AvgIpc) is 3.27. The van der Waals surface area contributed by atoms with Crippen LogP contribution in [-0.4, -0.2) is 21.0 Å². The molecule has 0 radical (unpaired) electrons. The molecule has 2 N–H and O–H groups in total. The van der Waals surface area contributed by atoms with E-state index in [4.69, 9.17) is 4.84 Å². The number of hydroxylamine groups is 1. The summed E-state index contributed by atoms with van der Waals surface area (Å²) in [6.45, 7) is 5.25. The third-order valence-electron chi connectivity index (χ3n) is 4.96. The van der Waals surface area contributed by atoms with Crippen LogP contribution in [-0.2, 0) is 17.9 Å². The summed E-state index contributed by atoms with van der Waals surface area (Å²) in [6, 6.07) is 18.4. The second-order valence-corrected chi connectivity index (χ2v) is 6.77. The van der Waals surface area contributed by atoms with Crippen molar-refractivity contribution < 1.29 is 9.63 Å². The number of benzene rings is 2. The third-order valence-corrected chi connectivity index (χ3v) is 4.96. The first-order valence-electron chi connectivity index (χ1n) is 9.01. The summed E-state index contributed by atoms with van der Waals surface area (Å²) >= 11 is 0. The maximum absolute atomic E-state index is 11.2. The minimum absolute atomic E-state index is 0.248. The minimum Gasteiger partial charge on any atom is -0.379 e. The van der Waals surface area contributed by atoms with Gasteiger partial charge >= 0.3 is 0 Å². The van der Waals surface area contributed by atoms with Crippen LogP contribution < -0.4 is 10.3 Å². The number of amides is 1. The summed E-state index contributed by atoms with van der Waals surface area (Å²) in [5.41, 5.74) is 7.75. The van der Waals surface area contributed by atoms with Gasteiger partial charge in [0.05, 0.1) is 11.4 Å². The Labute approximate surface area is 158 Å². The van der Waals surface area contributed by atoms with Crippen LogP contribution in [0.15, 0.2) is 54.6 Å². The molecule has 3 aromatic rings. The van der Waals surface area contributed by atoms with E-state index in [-0.39, 0.29) is 5.91 Å². The Morgan fingerprint density at radius 1 is 1.15 bits per heavy atom. The largest absolute Gasteiger partial charge is 0.379 e. The lowest BCUT2D eigenvalue weighted by Gasteiger charge is -2.24. The van der Waals surface area contributed by atoms with Crippen LogP contribution in [0.25, 0.3) is 11.3 Å². The Morgan fingerprint density at radius 3 is 2.67 bits per heavy atom. The van der Waals surface area contributed by atoms with Gasteiger partial charge in [-0.15, -0.1) is 0 Å². The molecule has 1 aliphatic heterocycles. The highest BCUT2D eigenvalue weighted by Crippen LogP contribution is 2.38. The lowest BCUT2D eigenvalue weighted by Crippen LogP contribution is -2.24. The number of para-hydroxylation sites is 1. The van der Waals surface area contributed by atoms with Crippen molar-refractivity contribution in [3.8, 4) is 17.0 Å². The van der Waals surface area contributed by atoms with Crippen LogP contribution in [0.3, 0.4) is 0 Å². The lowest BCUT2D eigenvalue weighted by molar-refractivity contribution is -0.125. The Hall–Kier alpha value is -3.12. The second kappa shape index (κ2) is 7.25. The topological polar surface area (TPSA) is 70.2 Å². The van der Waals surface area contributed by atoms with E-state index < -0.39 is 0 Å². The summed E-state index contributed by atoms with van der Waals surface area (Å²) in [4.78, 5) is 19.1. The van der Waals surface area contributed by atoms with Gasteiger partial charge in [-0.2, -0.15) is 10.6 Å². The molecular weight excluding hydrogens is 340 g/mol. The Morgan fingerprint density at radius 2 is 1.89 bits per heavy atom. The van der Waals surface area contributed by atoms with E-state index in [1.165, 1.54) is 18.1 Å². The summed E-state index contributed by atoms with van der Waals surface area (Å²) in [5, 5.41) is 7.68. The summed E-state index contributed by atoms with van der Waals surface area (Å²) < 4.78 is 0.